The second-order valence-corrected chi connectivity index (χ2v) is 6.80. The van der Waals surface area contributed by atoms with E-state index in [9.17, 15) is 4.79 Å². The first-order valence-corrected chi connectivity index (χ1v) is 8.21. The van der Waals surface area contributed by atoms with Crippen molar-refractivity contribution in [3.05, 3.63) is 16.3 Å². The van der Waals surface area contributed by atoms with Crippen LogP contribution in [0.1, 0.15) is 52.8 Å². The minimum absolute atomic E-state index is 0. The van der Waals surface area contributed by atoms with Gasteiger partial charge in [-0.15, -0.1) is 12.4 Å². The summed E-state index contributed by atoms with van der Waals surface area (Å²) >= 11 is 0. The number of nitrogens with zero attached hydrogens (tertiary/aromatic N) is 4. The maximum absolute atomic E-state index is 12.8. The zero-order valence-corrected chi connectivity index (χ0v) is 15.3. The van der Waals surface area contributed by atoms with Crippen molar-refractivity contribution >= 4 is 18.2 Å². The highest BCUT2D eigenvalue weighted by molar-refractivity contribution is 5.85. The van der Waals surface area contributed by atoms with Crippen LogP contribution in [0, 0.1) is 5.92 Å². The highest BCUT2D eigenvalue weighted by Gasteiger charge is 2.32. The lowest BCUT2D eigenvalue weighted by atomic mass is 10.1. The van der Waals surface area contributed by atoms with Gasteiger partial charge in [0.05, 0.1) is 0 Å². The summed E-state index contributed by atoms with van der Waals surface area (Å²) in [6, 6.07) is 0.271. The number of fused-ring (bicyclic) bond motifs is 3. The van der Waals surface area contributed by atoms with Gasteiger partial charge in [-0.2, -0.15) is 0 Å². The van der Waals surface area contributed by atoms with E-state index in [0.29, 0.717) is 19.0 Å². The summed E-state index contributed by atoms with van der Waals surface area (Å²) in [5, 5.41) is 3.49. The second-order valence-electron chi connectivity index (χ2n) is 6.80. The number of nitrogens with one attached hydrogen (secondary N) is 1. The van der Waals surface area contributed by atoms with Crippen LogP contribution >= 0.6 is 12.4 Å². The van der Waals surface area contributed by atoms with Crippen molar-refractivity contribution < 1.29 is 0 Å². The molecule has 0 saturated heterocycles. The predicted molar refractivity (Wildman–Crippen MR) is 94.8 cm³/mol. The molecule has 3 aliphatic rings. The van der Waals surface area contributed by atoms with Gasteiger partial charge in [0.15, 0.2) is 5.82 Å². The van der Waals surface area contributed by atoms with Crippen molar-refractivity contribution in [3.8, 4) is 11.5 Å². The van der Waals surface area contributed by atoms with Crippen molar-refractivity contribution in [1.29, 1.82) is 0 Å². The summed E-state index contributed by atoms with van der Waals surface area (Å²) in [5.74, 6) is 3.08. The molecule has 0 aromatic rings. The molecule has 0 aliphatic carbocycles. The van der Waals surface area contributed by atoms with E-state index < -0.39 is 0 Å². The van der Waals surface area contributed by atoms with Crippen LogP contribution in [0.4, 0.5) is 5.82 Å². The number of halogens is 1. The number of rotatable bonds is 4. The van der Waals surface area contributed by atoms with Crippen LogP contribution in [0.5, 0.6) is 0 Å². The van der Waals surface area contributed by atoms with Gasteiger partial charge < -0.3 is 5.32 Å². The molecule has 3 rings (SSSR count). The molecule has 128 valence electrons. The molecule has 6 nitrogen and oxygen atoms in total. The number of imidazole rings is 1. The van der Waals surface area contributed by atoms with E-state index in [1.54, 1.807) is 4.57 Å². The third-order valence-electron chi connectivity index (χ3n) is 4.34. The molecule has 0 bridgehead atoms. The number of anilines is 1. The third-order valence-corrected chi connectivity index (χ3v) is 4.34. The van der Waals surface area contributed by atoms with Gasteiger partial charge in [0.25, 0.3) is 0 Å². The first-order valence-electron chi connectivity index (χ1n) is 8.21. The van der Waals surface area contributed by atoms with E-state index in [2.05, 4.69) is 44.9 Å². The Morgan fingerprint density at radius 1 is 1.26 bits per heavy atom. The highest BCUT2D eigenvalue weighted by atomic mass is 35.5. The maximum Gasteiger partial charge on any atom is 0.331 e. The van der Waals surface area contributed by atoms with Crippen LogP contribution in [0.2, 0.25) is 0 Å². The van der Waals surface area contributed by atoms with Crippen molar-refractivity contribution in [2.24, 2.45) is 5.92 Å². The second kappa shape index (κ2) is 6.51. The smallest absolute Gasteiger partial charge is 0.331 e. The minimum Gasteiger partial charge on any atom is -0.365 e. The molecule has 1 atom stereocenters. The Balaban J connectivity index is 0.00000192. The summed E-state index contributed by atoms with van der Waals surface area (Å²) in [7, 11) is 0. The van der Waals surface area contributed by atoms with Gasteiger partial charge in [-0.05, 0) is 12.3 Å². The molecule has 3 heterocycles. The number of hydrogen-bond acceptors (Lipinski definition) is 4. The lowest BCUT2D eigenvalue weighted by Gasteiger charge is -2.14. The maximum atomic E-state index is 12.8. The normalized spacial score (nSPS) is 16.7. The fourth-order valence-electron chi connectivity index (χ4n) is 2.95. The summed E-state index contributed by atoms with van der Waals surface area (Å²) < 4.78 is 3.61. The van der Waals surface area contributed by atoms with E-state index >= 15 is 0 Å². The molecular formula is C16H26ClN5O. The van der Waals surface area contributed by atoms with E-state index in [0.717, 1.165) is 29.6 Å². The van der Waals surface area contributed by atoms with Crippen LogP contribution in [0.25, 0.3) is 11.5 Å². The Morgan fingerprint density at radius 3 is 2.52 bits per heavy atom. The molecule has 3 aliphatic heterocycles. The first-order chi connectivity index (χ1) is 10.4. The van der Waals surface area contributed by atoms with E-state index in [4.69, 9.17) is 4.98 Å². The average Bonchev–Trinajstić information content (AvgIpc) is 3.07. The fourth-order valence-corrected chi connectivity index (χ4v) is 2.95. The van der Waals surface area contributed by atoms with Crippen molar-refractivity contribution in [1.82, 2.24) is 19.1 Å². The molecule has 1 N–H and O–H groups in total. The topological polar surface area (TPSA) is 64.7 Å². The molecule has 0 unspecified atom stereocenters. The van der Waals surface area contributed by atoms with Crippen LogP contribution in [-0.2, 0) is 13.1 Å². The van der Waals surface area contributed by atoms with Crippen molar-refractivity contribution in [3.63, 3.8) is 0 Å². The largest absolute Gasteiger partial charge is 0.365 e. The molecule has 7 heteroatoms. The monoisotopic (exact) mass is 339 g/mol. The van der Waals surface area contributed by atoms with E-state index in [1.165, 1.54) is 0 Å². The quantitative estimate of drug-likeness (QED) is 0.930. The summed E-state index contributed by atoms with van der Waals surface area (Å²) in [6.07, 6.45) is 0.902. The van der Waals surface area contributed by atoms with Gasteiger partial charge in [-0.3, -0.25) is 9.13 Å². The SMILES string of the molecule is CCCn1c2nc(C(C)C)nc-2c2n(c1=O)C[C@H](C(C)C)N2.Cl. The van der Waals surface area contributed by atoms with Gasteiger partial charge in [-0.1, -0.05) is 34.6 Å². The van der Waals surface area contributed by atoms with Crippen LogP contribution in [0.15, 0.2) is 4.79 Å². The Morgan fingerprint density at radius 2 is 1.96 bits per heavy atom. The Kier molecular flexibility index (Phi) is 5.04. The Labute approximate surface area is 143 Å². The standard InChI is InChI=1S/C16H25N5O.ClH/c1-6-7-20-15-12(18-13(19-15)10(4)5)14-17-11(9(2)3)8-21(14)16(20)22;/h9-11,17H,6-8H2,1-5H3;1H/t11-;/m1./s1. The number of aromatic nitrogens is 4. The zero-order chi connectivity index (χ0) is 16.0. The molecule has 0 fully saturated rings. The fraction of sp³-hybridized carbons (Fsp3) is 0.688. The molecule has 0 aromatic heterocycles. The molecule has 0 saturated carbocycles. The predicted octanol–water partition coefficient (Wildman–Crippen LogP) is 2.95. The molecular weight excluding hydrogens is 314 g/mol. The van der Waals surface area contributed by atoms with Gasteiger partial charge in [0, 0.05) is 25.0 Å². The van der Waals surface area contributed by atoms with Crippen LogP contribution in [-0.4, -0.2) is 25.1 Å². The highest BCUT2D eigenvalue weighted by Crippen LogP contribution is 2.33. The van der Waals surface area contributed by atoms with Crippen molar-refractivity contribution in [2.75, 3.05) is 5.32 Å². The van der Waals surface area contributed by atoms with Gasteiger partial charge in [-0.25, -0.2) is 14.8 Å². The molecule has 0 aromatic carbocycles. The summed E-state index contributed by atoms with van der Waals surface area (Å²) in [5.41, 5.74) is 0.857. The lowest BCUT2D eigenvalue weighted by molar-refractivity contribution is 0.481. The lowest BCUT2D eigenvalue weighted by Crippen LogP contribution is -2.32. The van der Waals surface area contributed by atoms with E-state index in [-0.39, 0.29) is 30.1 Å². The minimum atomic E-state index is 0. The van der Waals surface area contributed by atoms with Gasteiger partial charge >= 0.3 is 5.69 Å². The van der Waals surface area contributed by atoms with Crippen molar-refractivity contribution in [2.45, 2.75) is 66.1 Å². The Hall–Kier alpha value is -1.56. The number of hydrogen-bond donors (Lipinski definition) is 1. The summed E-state index contributed by atoms with van der Waals surface area (Å²) in [4.78, 5) is 22.2. The molecule has 0 spiro atoms. The average molecular weight is 340 g/mol. The zero-order valence-electron chi connectivity index (χ0n) is 14.5. The van der Waals surface area contributed by atoms with Gasteiger partial charge in [0.1, 0.15) is 17.3 Å². The Bertz CT molecular complexity index is 718. The molecule has 23 heavy (non-hydrogen) atoms. The van der Waals surface area contributed by atoms with E-state index in [1.807, 2.05) is 4.57 Å². The first kappa shape index (κ1) is 17.8. The summed E-state index contributed by atoms with van der Waals surface area (Å²) in [6.45, 7) is 11.9. The van der Waals surface area contributed by atoms with Gasteiger partial charge in [0.2, 0.25) is 0 Å². The molecule has 0 amide bonds. The molecule has 0 radical (unpaired) electrons. The third kappa shape index (κ3) is 2.84. The van der Waals surface area contributed by atoms with Crippen LogP contribution in [0.3, 0.4) is 0 Å². The van der Waals surface area contributed by atoms with Crippen LogP contribution < -0.4 is 11.0 Å².